The van der Waals surface area contributed by atoms with Gasteiger partial charge in [-0.05, 0) is 43.0 Å². The normalized spacial score (nSPS) is 17.4. The maximum atomic E-state index is 12.3. The SMILES string of the molecule is C[C@@H]1CCCCN1C(=O)COC(=O)Cc1coc2ccc3ccccc3c12. The number of hydrogen-bond donors (Lipinski definition) is 0. The van der Waals surface area contributed by atoms with E-state index in [0.717, 1.165) is 53.1 Å². The molecule has 0 aliphatic carbocycles. The van der Waals surface area contributed by atoms with Crippen molar-refractivity contribution in [3.05, 3.63) is 48.2 Å². The molecule has 1 amide bonds. The molecule has 5 nitrogen and oxygen atoms in total. The molecule has 2 aromatic carbocycles. The number of carbonyl (C=O) groups is 2. The Labute approximate surface area is 157 Å². The number of ether oxygens (including phenoxy) is 1. The van der Waals surface area contributed by atoms with Gasteiger partial charge < -0.3 is 14.1 Å². The van der Waals surface area contributed by atoms with E-state index in [1.807, 2.05) is 48.2 Å². The van der Waals surface area contributed by atoms with Gasteiger partial charge in [-0.15, -0.1) is 0 Å². The van der Waals surface area contributed by atoms with Gasteiger partial charge in [0.2, 0.25) is 0 Å². The van der Waals surface area contributed by atoms with Crippen LogP contribution in [0.5, 0.6) is 0 Å². The molecule has 0 radical (unpaired) electrons. The van der Waals surface area contributed by atoms with Crippen molar-refractivity contribution >= 4 is 33.6 Å². The molecule has 0 bridgehead atoms. The Morgan fingerprint density at radius 3 is 2.89 bits per heavy atom. The molecule has 4 rings (SSSR count). The number of fused-ring (bicyclic) bond motifs is 3. The third kappa shape index (κ3) is 3.54. The van der Waals surface area contributed by atoms with Gasteiger partial charge >= 0.3 is 5.97 Å². The first-order valence-corrected chi connectivity index (χ1v) is 9.46. The number of carbonyl (C=O) groups excluding carboxylic acids is 2. The Morgan fingerprint density at radius 2 is 2.04 bits per heavy atom. The summed E-state index contributed by atoms with van der Waals surface area (Å²) in [6.07, 6.45) is 4.86. The van der Waals surface area contributed by atoms with Gasteiger partial charge in [0.25, 0.3) is 5.91 Å². The number of rotatable bonds is 4. The van der Waals surface area contributed by atoms with Crippen LogP contribution in [0.2, 0.25) is 0 Å². The second-order valence-electron chi connectivity index (χ2n) is 7.19. The maximum Gasteiger partial charge on any atom is 0.310 e. The van der Waals surface area contributed by atoms with Gasteiger partial charge in [0, 0.05) is 23.5 Å². The molecule has 1 fully saturated rings. The third-order valence-corrected chi connectivity index (χ3v) is 5.35. The summed E-state index contributed by atoms with van der Waals surface area (Å²) in [5.41, 5.74) is 1.53. The molecule has 1 aliphatic heterocycles. The zero-order chi connectivity index (χ0) is 18.8. The Morgan fingerprint density at radius 1 is 1.19 bits per heavy atom. The van der Waals surface area contributed by atoms with Gasteiger partial charge in [0.15, 0.2) is 6.61 Å². The molecule has 2 heterocycles. The highest BCUT2D eigenvalue weighted by atomic mass is 16.5. The first kappa shape index (κ1) is 17.6. The number of piperidine rings is 1. The fourth-order valence-electron chi connectivity index (χ4n) is 3.90. The van der Waals surface area contributed by atoms with Crippen LogP contribution >= 0.6 is 0 Å². The molecule has 27 heavy (non-hydrogen) atoms. The molecule has 5 heteroatoms. The van der Waals surface area contributed by atoms with Gasteiger partial charge in [-0.1, -0.05) is 30.3 Å². The minimum Gasteiger partial charge on any atom is -0.464 e. The number of likely N-dealkylation sites (tertiary alicyclic amines) is 1. The summed E-state index contributed by atoms with van der Waals surface area (Å²) in [5.74, 6) is -0.526. The zero-order valence-electron chi connectivity index (χ0n) is 15.4. The van der Waals surface area contributed by atoms with E-state index in [9.17, 15) is 9.59 Å². The van der Waals surface area contributed by atoms with Crippen LogP contribution in [-0.4, -0.2) is 36.0 Å². The highest BCUT2D eigenvalue weighted by molar-refractivity contribution is 6.08. The first-order chi connectivity index (χ1) is 13.1. The number of nitrogens with zero attached hydrogens (tertiary/aromatic N) is 1. The van der Waals surface area contributed by atoms with Crippen molar-refractivity contribution in [2.75, 3.05) is 13.2 Å². The first-order valence-electron chi connectivity index (χ1n) is 9.46. The van der Waals surface area contributed by atoms with Crippen molar-refractivity contribution in [2.24, 2.45) is 0 Å². The molecule has 0 spiro atoms. The highest BCUT2D eigenvalue weighted by Crippen LogP contribution is 2.30. The van der Waals surface area contributed by atoms with E-state index >= 15 is 0 Å². The Balaban J connectivity index is 1.45. The molecule has 0 saturated carbocycles. The molecular weight excluding hydrogens is 342 g/mol. The van der Waals surface area contributed by atoms with Crippen LogP contribution in [-0.2, 0) is 20.7 Å². The molecule has 1 aliphatic rings. The van der Waals surface area contributed by atoms with Crippen molar-refractivity contribution in [3.63, 3.8) is 0 Å². The van der Waals surface area contributed by atoms with E-state index in [0.29, 0.717) is 0 Å². The summed E-state index contributed by atoms with van der Waals surface area (Å²) in [7, 11) is 0. The molecule has 1 atom stereocenters. The predicted octanol–water partition coefficient (Wildman–Crippen LogP) is 4.07. The van der Waals surface area contributed by atoms with E-state index in [2.05, 4.69) is 0 Å². The van der Waals surface area contributed by atoms with Crippen LogP contribution < -0.4 is 0 Å². The van der Waals surface area contributed by atoms with Crippen LogP contribution in [0.1, 0.15) is 31.7 Å². The minimum absolute atomic E-state index is 0.0871. The van der Waals surface area contributed by atoms with Gasteiger partial charge in [-0.25, -0.2) is 0 Å². The average Bonchev–Trinajstić information content (AvgIpc) is 3.10. The van der Waals surface area contributed by atoms with Crippen molar-refractivity contribution in [3.8, 4) is 0 Å². The van der Waals surface area contributed by atoms with E-state index in [1.165, 1.54) is 0 Å². The standard InChI is InChI=1S/C22H23NO4/c1-15-6-4-5-11-23(15)20(24)14-27-21(25)12-17-13-26-19-10-9-16-7-2-3-8-18(16)22(17)19/h2-3,7-10,13,15H,4-6,11-12,14H2,1H3/t15-/m1/s1. The third-order valence-electron chi connectivity index (χ3n) is 5.35. The van der Waals surface area contributed by atoms with Crippen LogP contribution in [0.3, 0.4) is 0 Å². The lowest BCUT2D eigenvalue weighted by atomic mass is 10.0. The van der Waals surface area contributed by atoms with Crippen molar-refractivity contribution in [1.82, 2.24) is 4.90 Å². The number of hydrogen-bond acceptors (Lipinski definition) is 4. The lowest BCUT2D eigenvalue weighted by molar-refractivity contribution is -0.152. The molecule has 0 unspecified atom stereocenters. The largest absolute Gasteiger partial charge is 0.464 e. The summed E-state index contributed by atoms with van der Waals surface area (Å²) in [4.78, 5) is 26.5. The lowest BCUT2D eigenvalue weighted by Crippen LogP contribution is -2.44. The van der Waals surface area contributed by atoms with Gasteiger partial charge in [0.1, 0.15) is 5.58 Å². The number of furan rings is 1. The number of esters is 1. The zero-order valence-corrected chi connectivity index (χ0v) is 15.4. The van der Waals surface area contributed by atoms with Gasteiger partial charge in [-0.2, -0.15) is 0 Å². The molecule has 140 valence electrons. The fourth-order valence-corrected chi connectivity index (χ4v) is 3.90. The summed E-state index contributed by atoms with van der Waals surface area (Å²) >= 11 is 0. The van der Waals surface area contributed by atoms with Crippen LogP contribution in [0.25, 0.3) is 21.7 Å². The average molecular weight is 365 g/mol. The Kier molecular flexibility index (Phi) is 4.84. The molecular formula is C22H23NO4. The molecule has 1 aromatic heterocycles. The quantitative estimate of drug-likeness (QED) is 0.654. The number of benzene rings is 2. The number of amides is 1. The van der Waals surface area contributed by atoms with E-state index in [4.69, 9.17) is 9.15 Å². The molecule has 0 N–H and O–H groups in total. The minimum atomic E-state index is -0.413. The molecule has 1 saturated heterocycles. The second-order valence-corrected chi connectivity index (χ2v) is 7.19. The van der Waals surface area contributed by atoms with Gasteiger partial charge in [0.05, 0.1) is 12.7 Å². The fraction of sp³-hybridized carbons (Fsp3) is 0.364. The lowest BCUT2D eigenvalue weighted by Gasteiger charge is -2.33. The summed E-state index contributed by atoms with van der Waals surface area (Å²) in [5, 5.41) is 3.07. The van der Waals surface area contributed by atoms with Gasteiger partial charge in [-0.3, -0.25) is 9.59 Å². The maximum absolute atomic E-state index is 12.3. The summed E-state index contributed by atoms with van der Waals surface area (Å²) < 4.78 is 10.9. The second kappa shape index (κ2) is 7.43. The van der Waals surface area contributed by atoms with E-state index < -0.39 is 5.97 Å². The summed E-state index contributed by atoms with van der Waals surface area (Å²) in [6, 6.07) is 12.1. The topological polar surface area (TPSA) is 59.8 Å². The van der Waals surface area contributed by atoms with Crippen molar-refractivity contribution in [1.29, 1.82) is 0 Å². The predicted molar refractivity (Wildman–Crippen MR) is 103 cm³/mol. The van der Waals surface area contributed by atoms with E-state index in [1.54, 1.807) is 6.26 Å². The van der Waals surface area contributed by atoms with E-state index in [-0.39, 0.29) is 25.0 Å². The highest BCUT2D eigenvalue weighted by Gasteiger charge is 2.24. The summed E-state index contributed by atoms with van der Waals surface area (Å²) in [6.45, 7) is 2.59. The Hall–Kier alpha value is -2.82. The van der Waals surface area contributed by atoms with Crippen LogP contribution in [0.15, 0.2) is 47.1 Å². The smallest absolute Gasteiger partial charge is 0.310 e. The van der Waals surface area contributed by atoms with Crippen molar-refractivity contribution in [2.45, 2.75) is 38.6 Å². The Bertz CT molecular complexity index is 990. The monoisotopic (exact) mass is 365 g/mol. The van der Waals surface area contributed by atoms with Crippen LogP contribution in [0, 0.1) is 0 Å². The molecule has 3 aromatic rings. The van der Waals surface area contributed by atoms with Crippen LogP contribution in [0.4, 0.5) is 0 Å². The van der Waals surface area contributed by atoms with Crippen molar-refractivity contribution < 1.29 is 18.7 Å².